The monoisotopic (exact) mass is 299 g/mol. The molecule has 0 radical (unpaired) electrons. The minimum Gasteiger partial charge on any atom is -0.394 e. The van der Waals surface area contributed by atoms with Crippen LogP contribution in [0.2, 0.25) is 0 Å². The van der Waals surface area contributed by atoms with Gasteiger partial charge in [-0.3, -0.25) is 9.36 Å². The summed E-state index contributed by atoms with van der Waals surface area (Å²) in [5, 5.41) is 21.5. The second kappa shape index (κ2) is 6.31. The molecular formula is C12H17N3O6. The molecule has 1 fully saturated rings. The molecule has 1 aromatic heterocycles. The number of nitrogens with zero attached hydrogens (tertiary/aromatic N) is 2. The van der Waals surface area contributed by atoms with Gasteiger partial charge in [0.1, 0.15) is 24.1 Å². The zero-order valence-electron chi connectivity index (χ0n) is 11.6. The number of anilines is 1. The van der Waals surface area contributed by atoms with Crippen molar-refractivity contribution in [3.05, 3.63) is 22.7 Å². The van der Waals surface area contributed by atoms with Crippen molar-refractivity contribution in [3.63, 3.8) is 0 Å². The first kappa shape index (κ1) is 15.6. The number of rotatable bonds is 4. The van der Waals surface area contributed by atoms with Crippen LogP contribution in [-0.2, 0) is 14.3 Å². The Morgan fingerprint density at radius 3 is 2.86 bits per heavy atom. The Bertz CT molecular complexity index is 574. The number of aliphatic hydroxyl groups excluding tert-OH is 2. The SMILES string of the molecule is CO[C@@H]1[C@@H](O)[C@@H](CO)O[C@H]1n1ccc(NC(C)=O)nc1=O. The Kier molecular flexibility index (Phi) is 4.68. The summed E-state index contributed by atoms with van der Waals surface area (Å²) in [6.07, 6.45) is -2.25. The van der Waals surface area contributed by atoms with Gasteiger partial charge in [0.15, 0.2) is 6.23 Å². The van der Waals surface area contributed by atoms with Crippen LogP contribution in [0, 0.1) is 0 Å². The molecule has 1 saturated heterocycles. The number of carbonyl (C=O) groups excluding carboxylic acids is 1. The van der Waals surface area contributed by atoms with E-state index in [9.17, 15) is 14.7 Å². The third kappa shape index (κ3) is 3.10. The summed E-state index contributed by atoms with van der Waals surface area (Å²) in [6, 6.07) is 1.43. The summed E-state index contributed by atoms with van der Waals surface area (Å²) in [6.45, 7) is 0.903. The van der Waals surface area contributed by atoms with Crippen LogP contribution in [0.15, 0.2) is 17.1 Å². The van der Waals surface area contributed by atoms with Crippen molar-refractivity contribution in [2.45, 2.75) is 31.5 Å². The van der Waals surface area contributed by atoms with Crippen molar-refractivity contribution in [2.75, 3.05) is 19.0 Å². The molecule has 9 nitrogen and oxygen atoms in total. The van der Waals surface area contributed by atoms with Gasteiger partial charge in [-0.05, 0) is 6.07 Å². The lowest BCUT2D eigenvalue weighted by molar-refractivity contribution is -0.114. The number of nitrogens with one attached hydrogen (secondary N) is 1. The van der Waals surface area contributed by atoms with E-state index < -0.39 is 36.8 Å². The number of methoxy groups -OCH3 is 1. The van der Waals surface area contributed by atoms with E-state index in [0.29, 0.717) is 0 Å². The Labute approximate surface area is 120 Å². The molecule has 1 aliphatic rings. The Hall–Kier alpha value is -1.81. The van der Waals surface area contributed by atoms with Gasteiger partial charge in [0, 0.05) is 20.2 Å². The second-order valence-electron chi connectivity index (χ2n) is 4.62. The van der Waals surface area contributed by atoms with E-state index in [1.54, 1.807) is 0 Å². The third-order valence-corrected chi connectivity index (χ3v) is 3.17. The summed E-state index contributed by atoms with van der Waals surface area (Å²) >= 11 is 0. The number of hydrogen-bond donors (Lipinski definition) is 3. The molecule has 116 valence electrons. The van der Waals surface area contributed by atoms with E-state index in [-0.39, 0.29) is 11.7 Å². The van der Waals surface area contributed by atoms with Gasteiger partial charge in [0.2, 0.25) is 5.91 Å². The molecule has 21 heavy (non-hydrogen) atoms. The molecular weight excluding hydrogens is 282 g/mol. The third-order valence-electron chi connectivity index (χ3n) is 3.17. The number of aliphatic hydroxyl groups is 2. The fraction of sp³-hybridized carbons (Fsp3) is 0.583. The molecule has 0 unspecified atom stereocenters. The maximum atomic E-state index is 12.0. The van der Waals surface area contributed by atoms with Crippen molar-refractivity contribution in [1.82, 2.24) is 9.55 Å². The van der Waals surface area contributed by atoms with E-state index in [0.717, 1.165) is 4.57 Å². The summed E-state index contributed by atoms with van der Waals surface area (Å²) in [5.41, 5.74) is -0.668. The van der Waals surface area contributed by atoms with E-state index in [1.165, 1.54) is 26.3 Å². The molecule has 1 aromatic rings. The minimum atomic E-state index is -1.06. The molecule has 0 aromatic carbocycles. The highest BCUT2D eigenvalue weighted by molar-refractivity contribution is 5.87. The molecule has 1 amide bonds. The molecule has 1 aliphatic heterocycles. The van der Waals surface area contributed by atoms with Gasteiger partial charge in [-0.1, -0.05) is 0 Å². The number of amides is 1. The van der Waals surface area contributed by atoms with Gasteiger partial charge in [-0.25, -0.2) is 4.79 Å². The summed E-state index contributed by atoms with van der Waals surface area (Å²) in [7, 11) is 1.37. The minimum absolute atomic E-state index is 0.120. The second-order valence-corrected chi connectivity index (χ2v) is 4.62. The topological polar surface area (TPSA) is 123 Å². The van der Waals surface area contributed by atoms with Gasteiger partial charge >= 0.3 is 5.69 Å². The fourth-order valence-corrected chi connectivity index (χ4v) is 2.20. The van der Waals surface area contributed by atoms with Crippen LogP contribution in [0.5, 0.6) is 0 Å². The van der Waals surface area contributed by atoms with Crippen LogP contribution >= 0.6 is 0 Å². The first-order valence-electron chi connectivity index (χ1n) is 6.32. The van der Waals surface area contributed by atoms with Crippen molar-refractivity contribution >= 4 is 11.7 Å². The highest BCUT2D eigenvalue weighted by Crippen LogP contribution is 2.30. The molecule has 9 heteroatoms. The number of aromatic nitrogens is 2. The van der Waals surface area contributed by atoms with Gasteiger partial charge in [0.05, 0.1) is 6.61 Å². The molecule has 3 N–H and O–H groups in total. The zero-order chi connectivity index (χ0) is 15.6. The highest BCUT2D eigenvalue weighted by atomic mass is 16.6. The van der Waals surface area contributed by atoms with E-state index in [1.807, 2.05) is 0 Å². The molecule has 4 atom stereocenters. The smallest absolute Gasteiger partial charge is 0.351 e. The predicted octanol–water partition coefficient (Wildman–Crippen LogP) is -1.53. The molecule has 0 bridgehead atoms. The van der Waals surface area contributed by atoms with Gasteiger partial charge < -0.3 is 25.0 Å². The van der Waals surface area contributed by atoms with Crippen molar-refractivity contribution in [2.24, 2.45) is 0 Å². The van der Waals surface area contributed by atoms with Crippen LogP contribution in [-0.4, -0.2) is 57.7 Å². The quantitative estimate of drug-likeness (QED) is 0.616. The van der Waals surface area contributed by atoms with Crippen molar-refractivity contribution < 1.29 is 24.5 Å². The first-order chi connectivity index (χ1) is 9.97. The van der Waals surface area contributed by atoms with Crippen LogP contribution in [0.1, 0.15) is 13.2 Å². The normalized spacial score (nSPS) is 28.6. The van der Waals surface area contributed by atoms with Gasteiger partial charge in [-0.2, -0.15) is 4.98 Å². The lowest BCUT2D eigenvalue weighted by Crippen LogP contribution is -2.37. The maximum absolute atomic E-state index is 12.0. The highest BCUT2D eigenvalue weighted by Gasteiger charge is 2.45. The number of ether oxygens (including phenoxy) is 2. The molecule has 0 spiro atoms. The molecule has 2 rings (SSSR count). The van der Waals surface area contributed by atoms with Crippen molar-refractivity contribution in [3.8, 4) is 0 Å². The van der Waals surface area contributed by atoms with E-state index in [4.69, 9.17) is 14.6 Å². The summed E-state index contributed by atoms with van der Waals surface area (Å²) in [4.78, 5) is 26.6. The Morgan fingerprint density at radius 1 is 1.62 bits per heavy atom. The van der Waals surface area contributed by atoms with E-state index in [2.05, 4.69) is 10.3 Å². The van der Waals surface area contributed by atoms with Crippen LogP contribution in [0.25, 0.3) is 0 Å². The van der Waals surface area contributed by atoms with Gasteiger partial charge in [0.25, 0.3) is 0 Å². The van der Waals surface area contributed by atoms with Crippen LogP contribution < -0.4 is 11.0 Å². The lowest BCUT2D eigenvalue weighted by Gasteiger charge is -2.20. The lowest BCUT2D eigenvalue weighted by atomic mass is 10.1. The number of carbonyl (C=O) groups is 1. The average molecular weight is 299 g/mol. The summed E-state index contributed by atoms with van der Waals surface area (Å²) in [5.74, 6) is -0.225. The largest absolute Gasteiger partial charge is 0.394 e. The molecule has 2 heterocycles. The maximum Gasteiger partial charge on any atom is 0.351 e. The van der Waals surface area contributed by atoms with Crippen molar-refractivity contribution in [1.29, 1.82) is 0 Å². The summed E-state index contributed by atoms with van der Waals surface area (Å²) < 4.78 is 11.7. The Balaban J connectivity index is 2.29. The molecule has 0 saturated carbocycles. The van der Waals surface area contributed by atoms with E-state index >= 15 is 0 Å². The Morgan fingerprint density at radius 2 is 2.33 bits per heavy atom. The van der Waals surface area contributed by atoms with Crippen LogP contribution in [0.4, 0.5) is 5.82 Å². The first-order valence-corrected chi connectivity index (χ1v) is 6.32. The van der Waals surface area contributed by atoms with Gasteiger partial charge in [-0.15, -0.1) is 0 Å². The fourth-order valence-electron chi connectivity index (χ4n) is 2.20. The molecule has 0 aliphatic carbocycles. The standard InChI is InChI=1S/C12H17N3O6/c1-6(17)13-8-3-4-15(12(19)14-8)11-10(20-2)9(18)7(5-16)21-11/h3-4,7,9-11,16,18H,5H2,1-2H3,(H,13,14,17,19)/t7-,9+,10-,11-/m1/s1. The predicted molar refractivity (Wildman–Crippen MR) is 70.6 cm³/mol. The average Bonchev–Trinajstić information content (AvgIpc) is 2.74. The number of hydrogen-bond acceptors (Lipinski definition) is 7. The zero-order valence-corrected chi connectivity index (χ0v) is 11.6. The van der Waals surface area contributed by atoms with Crippen LogP contribution in [0.3, 0.4) is 0 Å².